The van der Waals surface area contributed by atoms with E-state index < -0.39 is 0 Å². The van der Waals surface area contributed by atoms with Crippen LogP contribution in [0.3, 0.4) is 0 Å². The van der Waals surface area contributed by atoms with Crippen LogP contribution in [0, 0.1) is 11.8 Å². The van der Waals surface area contributed by atoms with E-state index in [1.807, 2.05) is 6.92 Å². The summed E-state index contributed by atoms with van der Waals surface area (Å²) in [6.45, 7) is 9.74. The Morgan fingerprint density at radius 1 is 1.22 bits per heavy atom. The largest absolute Gasteiger partial charge is 0.393 e. The van der Waals surface area contributed by atoms with Gasteiger partial charge >= 0.3 is 0 Å². The van der Waals surface area contributed by atoms with Crippen molar-refractivity contribution in [1.82, 2.24) is 10.2 Å². The summed E-state index contributed by atoms with van der Waals surface area (Å²) in [4.78, 5) is 2.66. The van der Waals surface area contributed by atoms with E-state index in [1.165, 1.54) is 25.8 Å². The zero-order chi connectivity index (χ0) is 13.1. The molecule has 2 rings (SSSR count). The smallest absolute Gasteiger partial charge is 0.0553 e. The summed E-state index contributed by atoms with van der Waals surface area (Å²) in [7, 11) is 0. The molecule has 1 aliphatic heterocycles. The van der Waals surface area contributed by atoms with Crippen LogP contribution < -0.4 is 5.32 Å². The lowest BCUT2D eigenvalue weighted by molar-refractivity contribution is 0.0235. The van der Waals surface area contributed by atoms with Gasteiger partial charge in [-0.25, -0.2) is 0 Å². The number of aliphatic hydroxyl groups is 1. The molecule has 1 heterocycles. The van der Waals surface area contributed by atoms with Gasteiger partial charge < -0.3 is 10.4 Å². The van der Waals surface area contributed by atoms with Crippen LogP contribution in [-0.4, -0.2) is 47.8 Å². The topological polar surface area (TPSA) is 35.5 Å². The second-order valence-electron chi connectivity index (χ2n) is 6.26. The van der Waals surface area contributed by atoms with Gasteiger partial charge in [0.1, 0.15) is 0 Å². The molecule has 3 nitrogen and oxygen atoms in total. The fraction of sp³-hybridized carbons (Fsp3) is 1.00. The molecule has 1 aliphatic carbocycles. The summed E-state index contributed by atoms with van der Waals surface area (Å²) >= 11 is 0. The van der Waals surface area contributed by atoms with Crippen molar-refractivity contribution in [2.75, 3.05) is 19.6 Å². The summed E-state index contributed by atoms with van der Waals surface area (Å²) < 4.78 is 0. The SMILES string of the molecule is CCNC1CC(C(C)O)CN(C(CC)C2CC2)C1. The average Bonchev–Trinajstić information content (AvgIpc) is 3.14. The van der Waals surface area contributed by atoms with Gasteiger partial charge in [-0.05, 0) is 51.0 Å². The molecule has 0 spiro atoms. The van der Waals surface area contributed by atoms with E-state index in [-0.39, 0.29) is 6.10 Å². The predicted molar refractivity (Wildman–Crippen MR) is 75.6 cm³/mol. The van der Waals surface area contributed by atoms with Crippen LogP contribution in [0.5, 0.6) is 0 Å². The molecule has 0 aromatic heterocycles. The lowest BCUT2D eigenvalue weighted by Crippen LogP contribution is -2.54. The van der Waals surface area contributed by atoms with E-state index in [0.717, 1.165) is 31.5 Å². The van der Waals surface area contributed by atoms with E-state index in [0.29, 0.717) is 12.0 Å². The number of rotatable bonds is 6. The number of aliphatic hydroxyl groups excluding tert-OH is 1. The second kappa shape index (κ2) is 6.36. The third kappa shape index (κ3) is 3.46. The van der Waals surface area contributed by atoms with Gasteiger partial charge in [-0.3, -0.25) is 4.90 Å². The van der Waals surface area contributed by atoms with E-state index >= 15 is 0 Å². The molecule has 0 amide bonds. The molecule has 0 radical (unpaired) electrons. The maximum Gasteiger partial charge on any atom is 0.0553 e. The maximum absolute atomic E-state index is 9.94. The molecule has 0 aromatic carbocycles. The number of piperidine rings is 1. The fourth-order valence-electron chi connectivity index (χ4n) is 3.60. The van der Waals surface area contributed by atoms with Gasteiger partial charge in [-0.15, -0.1) is 0 Å². The number of hydrogen-bond donors (Lipinski definition) is 2. The van der Waals surface area contributed by atoms with Crippen molar-refractivity contribution >= 4 is 0 Å². The molecule has 2 aliphatic rings. The van der Waals surface area contributed by atoms with Crippen LogP contribution in [-0.2, 0) is 0 Å². The predicted octanol–water partition coefficient (Wildman–Crippen LogP) is 1.86. The van der Waals surface area contributed by atoms with Gasteiger partial charge in [0.05, 0.1) is 6.10 Å². The number of likely N-dealkylation sites (N-methyl/N-ethyl adjacent to an activating group) is 1. The molecule has 1 saturated heterocycles. The second-order valence-corrected chi connectivity index (χ2v) is 6.26. The summed E-state index contributed by atoms with van der Waals surface area (Å²) in [5.41, 5.74) is 0. The van der Waals surface area contributed by atoms with Gasteiger partial charge in [0, 0.05) is 25.2 Å². The number of nitrogens with one attached hydrogen (secondary N) is 1. The van der Waals surface area contributed by atoms with Crippen LogP contribution in [0.15, 0.2) is 0 Å². The Balaban J connectivity index is 1.99. The highest BCUT2D eigenvalue weighted by Gasteiger charge is 2.38. The van der Waals surface area contributed by atoms with Crippen molar-refractivity contribution in [3.8, 4) is 0 Å². The quantitative estimate of drug-likeness (QED) is 0.759. The fourth-order valence-corrected chi connectivity index (χ4v) is 3.60. The Labute approximate surface area is 112 Å². The first-order valence-corrected chi connectivity index (χ1v) is 7.81. The van der Waals surface area contributed by atoms with Crippen LogP contribution in [0.25, 0.3) is 0 Å². The van der Waals surface area contributed by atoms with Crippen LogP contribution in [0.1, 0.15) is 46.5 Å². The molecule has 0 bridgehead atoms. The Morgan fingerprint density at radius 2 is 1.94 bits per heavy atom. The molecule has 0 aromatic rings. The Kier molecular flexibility index (Phi) is 5.05. The van der Waals surface area contributed by atoms with Crippen molar-refractivity contribution in [3.05, 3.63) is 0 Å². The number of likely N-dealkylation sites (tertiary alicyclic amines) is 1. The van der Waals surface area contributed by atoms with Crippen LogP contribution in [0.2, 0.25) is 0 Å². The van der Waals surface area contributed by atoms with Crippen molar-refractivity contribution in [1.29, 1.82) is 0 Å². The molecule has 2 N–H and O–H groups in total. The van der Waals surface area contributed by atoms with Crippen LogP contribution in [0.4, 0.5) is 0 Å². The highest BCUT2D eigenvalue weighted by molar-refractivity contribution is 4.93. The van der Waals surface area contributed by atoms with E-state index in [1.54, 1.807) is 0 Å². The molecular formula is C15H30N2O. The Bertz CT molecular complexity index is 253. The molecule has 4 atom stereocenters. The lowest BCUT2D eigenvalue weighted by Gasteiger charge is -2.43. The maximum atomic E-state index is 9.94. The molecule has 1 saturated carbocycles. The van der Waals surface area contributed by atoms with Gasteiger partial charge in [0.2, 0.25) is 0 Å². The van der Waals surface area contributed by atoms with E-state index in [9.17, 15) is 5.11 Å². The monoisotopic (exact) mass is 254 g/mol. The first-order valence-electron chi connectivity index (χ1n) is 7.81. The van der Waals surface area contributed by atoms with Crippen LogP contribution >= 0.6 is 0 Å². The minimum Gasteiger partial charge on any atom is -0.393 e. The summed E-state index contributed by atoms with van der Waals surface area (Å²) in [5, 5.41) is 13.5. The zero-order valence-corrected chi connectivity index (χ0v) is 12.2. The Morgan fingerprint density at radius 3 is 2.44 bits per heavy atom. The highest BCUT2D eigenvalue weighted by atomic mass is 16.3. The normalized spacial score (nSPS) is 33.3. The minimum absolute atomic E-state index is 0.175. The van der Waals surface area contributed by atoms with Crippen molar-refractivity contribution in [3.63, 3.8) is 0 Å². The molecule has 4 unspecified atom stereocenters. The van der Waals surface area contributed by atoms with Gasteiger partial charge in [-0.2, -0.15) is 0 Å². The summed E-state index contributed by atoms with van der Waals surface area (Å²) in [6, 6.07) is 1.32. The van der Waals surface area contributed by atoms with Gasteiger partial charge in [0.15, 0.2) is 0 Å². The highest BCUT2D eigenvalue weighted by Crippen LogP contribution is 2.38. The van der Waals surface area contributed by atoms with Crippen molar-refractivity contribution in [2.45, 2.75) is 64.6 Å². The van der Waals surface area contributed by atoms with Crippen molar-refractivity contribution < 1.29 is 5.11 Å². The first-order chi connectivity index (χ1) is 8.65. The van der Waals surface area contributed by atoms with Gasteiger partial charge in [-0.1, -0.05) is 13.8 Å². The third-order valence-corrected chi connectivity index (χ3v) is 4.74. The molecule has 3 heteroatoms. The number of nitrogens with zero attached hydrogens (tertiary/aromatic N) is 1. The number of hydrogen-bond acceptors (Lipinski definition) is 3. The Hall–Kier alpha value is -0.120. The van der Waals surface area contributed by atoms with E-state index in [4.69, 9.17) is 0 Å². The molecule has 18 heavy (non-hydrogen) atoms. The van der Waals surface area contributed by atoms with E-state index in [2.05, 4.69) is 24.1 Å². The average molecular weight is 254 g/mol. The molecular weight excluding hydrogens is 224 g/mol. The standard InChI is InChI=1S/C15H30N2O/c1-4-15(12-6-7-12)17-9-13(11(3)18)8-14(10-17)16-5-2/h11-16,18H,4-10H2,1-3H3. The summed E-state index contributed by atoms with van der Waals surface area (Å²) in [5.74, 6) is 1.38. The zero-order valence-electron chi connectivity index (χ0n) is 12.2. The van der Waals surface area contributed by atoms with Gasteiger partial charge in [0.25, 0.3) is 0 Å². The molecule has 106 valence electrons. The lowest BCUT2D eigenvalue weighted by atomic mass is 9.88. The summed E-state index contributed by atoms with van der Waals surface area (Å²) in [6.07, 6.45) is 5.05. The van der Waals surface area contributed by atoms with Crippen molar-refractivity contribution in [2.24, 2.45) is 11.8 Å². The molecule has 2 fully saturated rings. The first kappa shape index (κ1) is 14.3. The third-order valence-electron chi connectivity index (χ3n) is 4.74. The minimum atomic E-state index is -0.175.